The van der Waals surface area contributed by atoms with Gasteiger partial charge in [-0.05, 0) is 18.2 Å². The lowest BCUT2D eigenvalue weighted by molar-refractivity contribution is -0.137. The first-order chi connectivity index (χ1) is 9.38. The Morgan fingerprint density at radius 1 is 1.40 bits per heavy atom. The number of amides is 1. The standard InChI is InChI=1S/C13H10F3N3O/c1-2-5-18-12(20)8-19-11-4-3-9(7-17)6-10(11)13(14,15)16/h1,3-4,6,19H,5,8H2,(H,18,20). The zero-order valence-electron chi connectivity index (χ0n) is 10.2. The quantitative estimate of drug-likeness (QED) is 0.826. The van der Waals surface area contributed by atoms with Crippen molar-refractivity contribution in [2.75, 3.05) is 18.4 Å². The van der Waals surface area contributed by atoms with E-state index in [9.17, 15) is 18.0 Å². The summed E-state index contributed by atoms with van der Waals surface area (Å²) >= 11 is 0. The summed E-state index contributed by atoms with van der Waals surface area (Å²) in [5.41, 5.74) is -1.38. The van der Waals surface area contributed by atoms with Crippen LogP contribution in [0.3, 0.4) is 0 Å². The van der Waals surface area contributed by atoms with Crippen LogP contribution < -0.4 is 10.6 Å². The highest BCUT2D eigenvalue weighted by Crippen LogP contribution is 2.35. The molecule has 0 bridgehead atoms. The van der Waals surface area contributed by atoms with Crippen molar-refractivity contribution in [2.24, 2.45) is 0 Å². The lowest BCUT2D eigenvalue weighted by atomic mass is 10.1. The molecule has 0 saturated heterocycles. The maximum Gasteiger partial charge on any atom is 0.418 e. The van der Waals surface area contributed by atoms with Gasteiger partial charge in [-0.25, -0.2) is 0 Å². The Morgan fingerprint density at radius 2 is 2.10 bits per heavy atom. The van der Waals surface area contributed by atoms with E-state index in [0.717, 1.165) is 12.1 Å². The van der Waals surface area contributed by atoms with Crippen molar-refractivity contribution >= 4 is 11.6 Å². The van der Waals surface area contributed by atoms with E-state index in [0.29, 0.717) is 0 Å². The summed E-state index contributed by atoms with van der Waals surface area (Å²) in [6.45, 7) is -0.351. The van der Waals surface area contributed by atoms with E-state index in [1.807, 2.05) is 0 Å². The predicted molar refractivity (Wildman–Crippen MR) is 66.5 cm³/mol. The third-order valence-electron chi connectivity index (χ3n) is 2.28. The molecule has 0 radical (unpaired) electrons. The number of carbonyl (C=O) groups is 1. The van der Waals surface area contributed by atoms with Gasteiger partial charge >= 0.3 is 6.18 Å². The van der Waals surface area contributed by atoms with Crippen LogP contribution >= 0.6 is 0 Å². The summed E-state index contributed by atoms with van der Waals surface area (Å²) in [5, 5.41) is 13.3. The van der Waals surface area contributed by atoms with Crippen LogP contribution in [0.5, 0.6) is 0 Å². The summed E-state index contributed by atoms with van der Waals surface area (Å²) in [7, 11) is 0. The van der Waals surface area contributed by atoms with Gasteiger partial charge in [0.2, 0.25) is 5.91 Å². The molecular formula is C13H10F3N3O. The molecule has 0 heterocycles. The molecule has 1 aromatic rings. The highest BCUT2D eigenvalue weighted by atomic mass is 19.4. The molecule has 7 heteroatoms. The average molecular weight is 281 g/mol. The first-order valence-electron chi connectivity index (χ1n) is 5.44. The molecule has 4 nitrogen and oxygen atoms in total. The fraction of sp³-hybridized carbons (Fsp3) is 0.231. The zero-order chi connectivity index (χ0) is 15.2. The molecule has 0 fully saturated rings. The van der Waals surface area contributed by atoms with Crippen molar-refractivity contribution in [2.45, 2.75) is 6.18 Å². The van der Waals surface area contributed by atoms with Gasteiger partial charge in [-0.15, -0.1) is 6.42 Å². The molecule has 0 saturated carbocycles. The van der Waals surface area contributed by atoms with Gasteiger partial charge in [-0.1, -0.05) is 5.92 Å². The van der Waals surface area contributed by atoms with Crippen LogP contribution in [0.15, 0.2) is 18.2 Å². The van der Waals surface area contributed by atoms with Gasteiger partial charge in [-0.3, -0.25) is 4.79 Å². The topological polar surface area (TPSA) is 64.9 Å². The van der Waals surface area contributed by atoms with Crippen LogP contribution in [0.25, 0.3) is 0 Å². The predicted octanol–water partition coefficient (Wildman–Crippen LogP) is 1.74. The third-order valence-corrected chi connectivity index (χ3v) is 2.28. The fourth-order valence-corrected chi connectivity index (χ4v) is 1.39. The van der Waals surface area contributed by atoms with Gasteiger partial charge in [0.25, 0.3) is 0 Å². The Bertz CT molecular complexity index is 582. The van der Waals surface area contributed by atoms with Crippen molar-refractivity contribution in [1.82, 2.24) is 5.32 Å². The monoisotopic (exact) mass is 281 g/mol. The van der Waals surface area contributed by atoms with Crippen molar-refractivity contribution in [3.8, 4) is 18.4 Å². The van der Waals surface area contributed by atoms with Crippen LogP contribution in [0, 0.1) is 23.7 Å². The second-order valence-corrected chi connectivity index (χ2v) is 3.70. The van der Waals surface area contributed by atoms with Gasteiger partial charge in [0, 0.05) is 5.69 Å². The molecule has 0 unspecified atom stereocenters. The minimum atomic E-state index is -4.62. The van der Waals surface area contributed by atoms with E-state index in [1.165, 1.54) is 6.07 Å². The first kappa shape index (κ1) is 15.4. The molecule has 1 aromatic carbocycles. The normalized spacial score (nSPS) is 10.2. The SMILES string of the molecule is C#CCNC(=O)CNc1ccc(C#N)cc1C(F)(F)F. The second kappa shape index (κ2) is 6.48. The first-order valence-corrected chi connectivity index (χ1v) is 5.44. The summed E-state index contributed by atoms with van der Waals surface area (Å²) < 4.78 is 38.4. The number of halogens is 3. The van der Waals surface area contributed by atoms with Crippen LogP contribution in [0.2, 0.25) is 0 Å². The van der Waals surface area contributed by atoms with E-state index in [1.54, 1.807) is 6.07 Å². The van der Waals surface area contributed by atoms with Crippen molar-refractivity contribution in [3.63, 3.8) is 0 Å². The number of benzene rings is 1. The molecule has 0 aliphatic carbocycles. The highest BCUT2D eigenvalue weighted by molar-refractivity contribution is 5.81. The van der Waals surface area contributed by atoms with E-state index >= 15 is 0 Å². The summed E-state index contributed by atoms with van der Waals surface area (Å²) in [6, 6.07) is 4.69. The average Bonchev–Trinajstić information content (AvgIpc) is 2.41. The molecule has 0 atom stereocenters. The van der Waals surface area contributed by atoms with E-state index < -0.39 is 17.6 Å². The smallest absolute Gasteiger partial charge is 0.376 e. The van der Waals surface area contributed by atoms with Crippen LogP contribution in [0.1, 0.15) is 11.1 Å². The van der Waals surface area contributed by atoms with Crippen LogP contribution in [-0.4, -0.2) is 19.0 Å². The number of carbonyl (C=O) groups excluding carboxylic acids is 1. The molecule has 1 rings (SSSR count). The van der Waals surface area contributed by atoms with Gasteiger partial charge in [0.1, 0.15) is 0 Å². The largest absolute Gasteiger partial charge is 0.418 e. The highest BCUT2D eigenvalue weighted by Gasteiger charge is 2.33. The Balaban J connectivity index is 2.88. The van der Waals surface area contributed by atoms with Gasteiger partial charge in [-0.2, -0.15) is 18.4 Å². The number of nitrogens with zero attached hydrogens (tertiary/aromatic N) is 1. The van der Waals surface area contributed by atoms with E-state index in [2.05, 4.69) is 16.6 Å². The van der Waals surface area contributed by atoms with Crippen LogP contribution in [-0.2, 0) is 11.0 Å². The number of rotatable bonds is 4. The number of hydrogen-bond donors (Lipinski definition) is 2. The number of anilines is 1. The molecule has 20 heavy (non-hydrogen) atoms. The number of terminal acetylenes is 1. The molecule has 2 N–H and O–H groups in total. The lowest BCUT2D eigenvalue weighted by Crippen LogP contribution is -2.30. The fourth-order valence-electron chi connectivity index (χ4n) is 1.39. The Morgan fingerprint density at radius 3 is 2.65 bits per heavy atom. The lowest BCUT2D eigenvalue weighted by Gasteiger charge is -2.14. The number of hydrogen-bond acceptors (Lipinski definition) is 3. The van der Waals surface area contributed by atoms with Gasteiger partial charge in [0.05, 0.1) is 30.3 Å². The maximum atomic E-state index is 12.8. The molecular weight excluding hydrogens is 271 g/mol. The van der Waals surface area contributed by atoms with Crippen molar-refractivity contribution in [3.05, 3.63) is 29.3 Å². The van der Waals surface area contributed by atoms with Crippen molar-refractivity contribution < 1.29 is 18.0 Å². The van der Waals surface area contributed by atoms with E-state index in [4.69, 9.17) is 11.7 Å². The molecule has 0 aliphatic rings. The summed E-state index contributed by atoms with van der Waals surface area (Å²) in [5.74, 6) is 1.64. The van der Waals surface area contributed by atoms with Crippen LogP contribution in [0.4, 0.5) is 18.9 Å². The minimum Gasteiger partial charge on any atom is -0.376 e. The second-order valence-electron chi connectivity index (χ2n) is 3.70. The van der Waals surface area contributed by atoms with Crippen molar-refractivity contribution in [1.29, 1.82) is 5.26 Å². The Labute approximate surface area is 113 Å². The molecule has 0 spiro atoms. The van der Waals surface area contributed by atoms with E-state index in [-0.39, 0.29) is 24.3 Å². The summed E-state index contributed by atoms with van der Waals surface area (Å²) in [6.07, 6.45) is 0.312. The van der Waals surface area contributed by atoms with Gasteiger partial charge < -0.3 is 10.6 Å². The summed E-state index contributed by atoms with van der Waals surface area (Å²) in [4.78, 5) is 11.3. The zero-order valence-corrected chi connectivity index (χ0v) is 10.2. The Kier molecular flexibility index (Phi) is 4.99. The number of nitriles is 1. The number of nitrogens with one attached hydrogen (secondary N) is 2. The Hall–Kier alpha value is -2.67. The van der Waals surface area contributed by atoms with Gasteiger partial charge in [0.15, 0.2) is 0 Å². The molecule has 0 aliphatic heterocycles. The molecule has 0 aromatic heterocycles. The third kappa shape index (κ3) is 4.21. The molecule has 1 amide bonds. The number of alkyl halides is 3. The maximum absolute atomic E-state index is 12.8. The minimum absolute atomic E-state index is 0.0000114. The molecule has 104 valence electrons.